The van der Waals surface area contributed by atoms with Crippen molar-refractivity contribution in [3.05, 3.63) is 11.6 Å². The van der Waals surface area contributed by atoms with Crippen molar-refractivity contribution >= 4 is 22.5 Å². The van der Waals surface area contributed by atoms with Crippen LogP contribution in [0.3, 0.4) is 0 Å². The molecule has 20 heavy (non-hydrogen) atoms. The maximum Gasteiger partial charge on any atom is 0.317 e. The molecule has 1 N–H and O–H groups in total. The molecule has 1 aliphatic heterocycles. The Morgan fingerprint density at radius 2 is 1.95 bits per heavy atom. The average Bonchev–Trinajstić information content (AvgIpc) is 3.03. The van der Waals surface area contributed by atoms with Gasteiger partial charge in [0.15, 0.2) is 5.13 Å². The highest BCUT2D eigenvalue weighted by atomic mass is 32.1. The lowest BCUT2D eigenvalue weighted by Crippen LogP contribution is -2.53. The number of piperazine rings is 1. The first-order valence-electron chi connectivity index (χ1n) is 7.53. The third-order valence-corrected chi connectivity index (χ3v) is 5.02. The van der Waals surface area contributed by atoms with Gasteiger partial charge in [0.2, 0.25) is 0 Å². The van der Waals surface area contributed by atoms with E-state index in [1.165, 1.54) is 19.3 Å². The molecule has 0 bridgehead atoms. The van der Waals surface area contributed by atoms with Crippen molar-refractivity contribution in [1.29, 1.82) is 0 Å². The summed E-state index contributed by atoms with van der Waals surface area (Å²) in [6.45, 7) is 3.34. The van der Waals surface area contributed by atoms with Crippen LogP contribution in [0.1, 0.15) is 32.1 Å². The van der Waals surface area contributed by atoms with E-state index < -0.39 is 0 Å². The van der Waals surface area contributed by atoms with Crippen LogP contribution in [-0.2, 0) is 0 Å². The molecule has 2 heterocycles. The molecular weight excluding hydrogens is 272 g/mol. The van der Waals surface area contributed by atoms with Gasteiger partial charge in [-0.15, -0.1) is 11.3 Å². The molecule has 1 aromatic rings. The highest BCUT2D eigenvalue weighted by Crippen LogP contribution is 2.20. The summed E-state index contributed by atoms with van der Waals surface area (Å²) in [7, 11) is 0. The Hall–Kier alpha value is -1.30. The van der Waals surface area contributed by atoms with Gasteiger partial charge in [-0.25, -0.2) is 9.78 Å². The second kappa shape index (κ2) is 6.43. The Kier molecular flexibility index (Phi) is 4.40. The summed E-state index contributed by atoms with van der Waals surface area (Å²) in [6, 6.07) is 0.518. The minimum atomic E-state index is 0.121. The fourth-order valence-corrected chi connectivity index (χ4v) is 3.68. The Labute approximate surface area is 124 Å². The number of rotatable bonds is 2. The van der Waals surface area contributed by atoms with Crippen molar-refractivity contribution in [1.82, 2.24) is 15.2 Å². The molecule has 110 valence electrons. The number of aromatic nitrogens is 1. The number of thiazole rings is 1. The van der Waals surface area contributed by atoms with Crippen LogP contribution in [0.15, 0.2) is 11.6 Å². The van der Waals surface area contributed by atoms with Gasteiger partial charge in [0, 0.05) is 43.8 Å². The van der Waals surface area contributed by atoms with Gasteiger partial charge in [0.05, 0.1) is 0 Å². The molecule has 0 aromatic carbocycles. The van der Waals surface area contributed by atoms with E-state index in [-0.39, 0.29) is 6.03 Å². The van der Waals surface area contributed by atoms with Crippen molar-refractivity contribution in [3.8, 4) is 0 Å². The maximum absolute atomic E-state index is 12.2. The molecule has 2 aliphatic rings. The number of amides is 2. The van der Waals surface area contributed by atoms with Gasteiger partial charge in [-0.3, -0.25) is 0 Å². The third-order valence-electron chi connectivity index (χ3n) is 4.19. The largest absolute Gasteiger partial charge is 0.345 e. The minimum Gasteiger partial charge on any atom is -0.345 e. The molecule has 0 radical (unpaired) electrons. The summed E-state index contributed by atoms with van der Waals surface area (Å²) in [5.41, 5.74) is 0. The SMILES string of the molecule is O=C(NC1CCCCC1)N1CCN(c2nccs2)CC1. The molecule has 2 fully saturated rings. The summed E-state index contributed by atoms with van der Waals surface area (Å²) in [5.74, 6) is 0. The summed E-state index contributed by atoms with van der Waals surface area (Å²) < 4.78 is 0. The Morgan fingerprint density at radius 1 is 1.20 bits per heavy atom. The molecule has 1 saturated heterocycles. The molecule has 1 aromatic heterocycles. The normalized spacial score (nSPS) is 21.0. The van der Waals surface area contributed by atoms with Crippen LogP contribution < -0.4 is 10.2 Å². The zero-order valence-electron chi connectivity index (χ0n) is 11.8. The topological polar surface area (TPSA) is 48.5 Å². The number of nitrogens with one attached hydrogen (secondary N) is 1. The van der Waals surface area contributed by atoms with Crippen molar-refractivity contribution in [3.63, 3.8) is 0 Å². The van der Waals surface area contributed by atoms with Crippen molar-refractivity contribution < 1.29 is 4.79 Å². The molecule has 0 unspecified atom stereocenters. The highest BCUT2D eigenvalue weighted by Gasteiger charge is 2.24. The number of hydrogen-bond donors (Lipinski definition) is 1. The lowest BCUT2D eigenvalue weighted by molar-refractivity contribution is 0.186. The van der Waals surface area contributed by atoms with Gasteiger partial charge in [0.1, 0.15) is 0 Å². The van der Waals surface area contributed by atoms with Gasteiger partial charge < -0.3 is 15.1 Å². The van der Waals surface area contributed by atoms with Crippen LogP contribution >= 0.6 is 11.3 Å². The number of urea groups is 1. The first kappa shape index (κ1) is 13.7. The van der Waals surface area contributed by atoms with Crippen LogP contribution in [0, 0.1) is 0 Å². The van der Waals surface area contributed by atoms with E-state index in [4.69, 9.17) is 0 Å². The zero-order chi connectivity index (χ0) is 13.8. The quantitative estimate of drug-likeness (QED) is 0.910. The van der Waals surface area contributed by atoms with Gasteiger partial charge in [0.25, 0.3) is 0 Å². The van der Waals surface area contributed by atoms with Crippen molar-refractivity contribution in [2.75, 3.05) is 31.1 Å². The summed E-state index contributed by atoms with van der Waals surface area (Å²) in [5, 5.41) is 6.26. The molecular formula is C14H22N4OS. The van der Waals surface area contributed by atoms with Gasteiger partial charge in [-0.05, 0) is 12.8 Å². The van der Waals surface area contributed by atoms with E-state index >= 15 is 0 Å². The lowest BCUT2D eigenvalue weighted by atomic mass is 9.96. The molecule has 2 amide bonds. The second-order valence-electron chi connectivity index (χ2n) is 5.57. The summed E-state index contributed by atoms with van der Waals surface area (Å²) in [4.78, 5) is 20.8. The Bertz CT molecular complexity index is 422. The van der Waals surface area contributed by atoms with Crippen LogP contribution in [0.2, 0.25) is 0 Å². The van der Waals surface area contributed by atoms with E-state index in [0.29, 0.717) is 6.04 Å². The van der Waals surface area contributed by atoms with Crippen molar-refractivity contribution in [2.45, 2.75) is 38.1 Å². The molecule has 6 heteroatoms. The Balaban J connectivity index is 1.46. The average molecular weight is 294 g/mol. The van der Waals surface area contributed by atoms with Gasteiger partial charge >= 0.3 is 6.03 Å². The summed E-state index contributed by atoms with van der Waals surface area (Å²) >= 11 is 1.66. The smallest absolute Gasteiger partial charge is 0.317 e. The fraction of sp³-hybridized carbons (Fsp3) is 0.714. The number of nitrogens with zero attached hydrogens (tertiary/aromatic N) is 3. The molecule has 1 aliphatic carbocycles. The number of hydrogen-bond acceptors (Lipinski definition) is 4. The number of carbonyl (C=O) groups excluding carboxylic acids is 1. The highest BCUT2D eigenvalue weighted by molar-refractivity contribution is 7.13. The van der Waals surface area contributed by atoms with Gasteiger partial charge in [-0.1, -0.05) is 19.3 Å². The van der Waals surface area contributed by atoms with Crippen LogP contribution in [0.4, 0.5) is 9.93 Å². The van der Waals surface area contributed by atoms with Crippen LogP contribution in [0.25, 0.3) is 0 Å². The fourth-order valence-electron chi connectivity index (χ4n) is 2.99. The standard InChI is InChI=1S/C14H22N4OS/c19-13(16-12-4-2-1-3-5-12)17-7-9-18(10-8-17)14-15-6-11-20-14/h6,11-12H,1-5,7-10H2,(H,16,19). The van der Waals surface area contributed by atoms with E-state index in [0.717, 1.165) is 44.2 Å². The molecule has 5 nitrogen and oxygen atoms in total. The predicted molar refractivity (Wildman–Crippen MR) is 81.3 cm³/mol. The van der Waals surface area contributed by atoms with Crippen LogP contribution in [-0.4, -0.2) is 48.1 Å². The second-order valence-corrected chi connectivity index (χ2v) is 6.45. The third kappa shape index (κ3) is 3.23. The van der Waals surface area contributed by atoms with Crippen LogP contribution in [0.5, 0.6) is 0 Å². The molecule has 0 spiro atoms. The van der Waals surface area contributed by atoms with E-state index in [2.05, 4.69) is 15.2 Å². The zero-order valence-corrected chi connectivity index (χ0v) is 12.6. The molecule has 0 atom stereocenters. The Morgan fingerprint density at radius 3 is 2.60 bits per heavy atom. The van der Waals surface area contributed by atoms with Crippen molar-refractivity contribution in [2.24, 2.45) is 0 Å². The number of carbonyl (C=O) groups is 1. The molecule has 3 rings (SSSR count). The summed E-state index contributed by atoms with van der Waals surface area (Å²) in [6.07, 6.45) is 7.95. The molecule has 1 saturated carbocycles. The van der Waals surface area contributed by atoms with E-state index in [1.54, 1.807) is 11.3 Å². The lowest BCUT2D eigenvalue weighted by Gasteiger charge is -2.35. The number of anilines is 1. The minimum absolute atomic E-state index is 0.121. The first-order chi connectivity index (χ1) is 9.83. The van der Waals surface area contributed by atoms with E-state index in [9.17, 15) is 4.79 Å². The predicted octanol–water partition coefficient (Wildman–Crippen LogP) is 2.31. The van der Waals surface area contributed by atoms with E-state index in [1.807, 2.05) is 16.5 Å². The van der Waals surface area contributed by atoms with Gasteiger partial charge in [-0.2, -0.15) is 0 Å². The first-order valence-corrected chi connectivity index (χ1v) is 8.41. The monoisotopic (exact) mass is 294 g/mol. The maximum atomic E-state index is 12.2.